The second-order valence-corrected chi connectivity index (χ2v) is 5.08. The number of carbonyl (C=O) groups excluding carboxylic acids is 1. The highest BCUT2D eigenvalue weighted by Gasteiger charge is 2.14. The van der Waals surface area contributed by atoms with Crippen LogP contribution in [0.2, 0.25) is 0 Å². The van der Waals surface area contributed by atoms with Gasteiger partial charge < -0.3 is 25.8 Å². The summed E-state index contributed by atoms with van der Waals surface area (Å²) in [6.07, 6.45) is 0. The van der Waals surface area contributed by atoms with Crippen LogP contribution in [-0.4, -0.2) is 42.5 Å². The van der Waals surface area contributed by atoms with Crippen molar-refractivity contribution in [3.05, 3.63) is 29.5 Å². The van der Waals surface area contributed by atoms with Gasteiger partial charge in [-0.05, 0) is 41.9 Å². The first kappa shape index (κ1) is 21.5. The molecule has 0 radical (unpaired) electrons. The minimum absolute atomic E-state index is 0. The van der Waals surface area contributed by atoms with Gasteiger partial charge in [0.05, 0.1) is 13.2 Å². The predicted octanol–water partition coefficient (Wildman–Crippen LogP) is 1.39. The first-order valence-corrected chi connectivity index (χ1v) is 8.11. The van der Waals surface area contributed by atoms with Gasteiger partial charge in [-0.3, -0.25) is 4.79 Å². The summed E-state index contributed by atoms with van der Waals surface area (Å²) in [5.74, 6) is 1.02. The van der Waals surface area contributed by atoms with E-state index in [1.807, 2.05) is 32.0 Å². The zero-order valence-electron chi connectivity index (χ0n) is 14.8. The van der Waals surface area contributed by atoms with Crippen LogP contribution in [0.1, 0.15) is 29.9 Å². The molecule has 9 nitrogen and oxygen atoms in total. The van der Waals surface area contributed by atoms with Crippen LogP contribution in [0, 0.1) is 0 Å². The molecule has 0 saturated carbocycles. The van der Waals surface area contributed by atoms with Gasteiger partial charge in [-0.1, -0.05) is 6.07 Å². The van der Waals surface area contributed by atoms with Gasteiger partial charge in [0.25, 0.3) is 5.91 Å². The number of rotatable bonds is 10. The van der Waals surface area contributed by atoms with E-state index in [2.05, 4.69) is 25.6 Å². The maximum Gasteiger partial charge on any atom is 0.277 e. The van der Waals surface area contributed by atoms with Crippen molar-refractivity contribution < 1.29 is 18.9 Å². The summed E-state index contributed by atoms with van der Waals surface area (Å²) in [5.41, 5.74) is 6.51. The Morgan fingerprint density at radius 3 is 2.54 bits per heavy atom. The molecule has 26 heavy (non-hydrogen) atoms. The lowest BCUT2D eigenvalue weighted by Crippen LogP contribution is -2.32. The Kier molecular flexibility index (Phi) is 9.24. The minimum atomic E-state index is -0.416. The average Bonchev–Trinajstić information content (AvgIpc) is 3.03. The first-order chi connectivity index (χ1) is 12.2. The number of nitrogens with two attached hydrogens (primary N) is 1. The number of carbonyl (C=O) groups is 1. The quantitative estimate of drug-likeness (QED) is 0.524. The molecule has 10 heteroatoms. The zero-order valence-corrected chi connectivity index (χ0v) is 15.6. The summed E-state index contributed by atoms with van der Waals surface area (Å²) in [5, 5.41) is 12.7. The van der Waals surface area contributed by atoms with E-state index in [1.54, 1.807) is 0 Å². The molecule has 0 saturated heterocycles. The molecule has 2 aromatic rings. The Morgan fingerprint density at radius 2 is 1.88 bits per heavy atom. The van der Waals surface area contributed by atoms with Crippen LogP contribution < -0.4 is 25.8 Å². The van der Waals surface area contributed by atoms with Crippen molar-refractivity contribution in [2.45, 2.75) is 20.4 Å². The first-order valence-electron chi connectivity index (χ1n) is 8.11. The summed E-state index contributed by atoms with van der Waals surface area (Å²) in [6.45, 7) is 6.65. The summed E-state index contributed by atoms with van der Waals surface area (Å²) in [6, 6.07) is 5.82. The fourth-order valence-corrected chi connectivity index (χ4v) is 2.14. The minimum Gasteiger partial charge on any atom is -0.490 e. The molecule has 0 unspecified atom stereocenters. The van der Waals surface area contributed by atoms with Crippen LogP contribution in [0.15, 0.2) is 22.8 Å². The van der Waals surface area contributed by atoms with E-state index in [-0.39, 0.29) is 23.9 Å². The molecule has 0 aliphatic carbocycles. The average molecular weight is 386 g/mol. The Balaban J connectivity index is 0.00000338. The van der Waals surface area contributed by atoms with Gasteiger partial charge in [0, 0.05) is 19.6 Å². The number of anilines is 1. The number of hydrogen-bond acceptors (Lipinski definition) is 8. The molecular formula is C16H24ClN5O4. The summed E-state index contributed by atoms with van der Waals surface area (Å²) in [4.78, 5) is 11.8. The number of aromatic nitrogens is 2. The normalized spacial score (nSPS) is 10.1. The fourth-order valence-electron chi connectivity index (χ4n) is 2.14. The monoisotopic (exact) mass is 385 g/mol. The second kappa shape index (κ2) is 11.2. The van der Waals surface area contributed by atoms with Crippen molar-refractivity contribution in [1.29, 1.82) is 0 Å². The summed E-state index contributed by atoms with van der Waals surface area (Å²) in [7, 11) is 0. The van der Waals surface area contributed by atoms with Crippen molar-refractivity contribution in [1.82, 2.24) is 20.9 Å². The van der Waals surface area contributed by atoms with E-state index >= 15 is 0 Å². The second-order valence-electron chi connectivity index (χ2n) is 5.08. The van der Waals surface area contributed by atoms with Crippen LogP contribution in [0.4, 0.5) is 5.82 Å². The third-order valence-corrected chi connectivity index (χ3v) is 3.25. The summed E-state index contributed by atoms with van der Waals surface area (Å²) >= 11 is 0. The molecule has 2 rings (SSSR count). The Bertz CT molecular complexity index is 695. The number of ether oxygens (including phenoxy) is 2. The zero-order chi connectivity index (χ0) is 18.1. The molecule has 0 aliphatic rings. The number of amides is 1. The van der Waals surface area contributed by atoms with E-state index in [0.717, 1.165) is 17.1 Å². The van der Waals surface area contributed by atoms with Crippen LogP contribution >= 0.6 is 12.4 Å². The molecule has 1 heterocycles. The number of nitrogen functional groups attached to an aromatic ring is 1. The Morgan fingerprint density at radius 1 is 1.15 bits per heavy atom. The lowest BCUT2D eigenvalue weighted by molar-refractivity contribution is 0.0944. The Hall–Kier alpha value is -2.52. The van der Waals surface area contributed by atoms with Crippen molar-refractivity contribution in [2.75, 3.05) is 32.0 Å². The third kappa shape index (κ3) is 6.08. The van der Waals surface area contributed by atoms with Crippen LogP contribution in [-0.2, 0) is 6.54 Å². The van der Waals surface area contributed by atoms with E-state index in [4.69, 9.17) is 15.2 Å². The molecule has 0 atom stereocenters. The highest BCUT2D eigenvalue weighted by Crippen LogP contribution is 2.28. The number of benzene rings is 1. The molecule has 144 valence electrons. The van der Waals surface area contributed by atoms with Crippen molar-refractivity contribution in [3.63, 3.8) is 0 Å². The number of nitrogens with one attached hydrogen (secondary N) is 2. The molecule has 1 aromatic carbocycles. The lowest BCUT2D eigenvalue weighted by Gasteiger charge is -2.13. The largest absolute Gasteiger partial charge is 0.490 e. The molecular weight excluding hydrogens is 362 g/mol. The maximum absolute atomic E-state index is 11.8. The molecule has 0 fully saturated rings. The molecule has 4 N–H and O–H groups in total. The smallest absolute Gasteiger partial charge is 0.277 e. The third-order valence-electron chi connectivity index (χ3n) is 3.25. The molecule has 1 aromatic heterocycles. The predicted molar refractivity (Wildman–Crippen MR) is 98.8 cm³/mol. The Labute approximate surface area is 158 Å². The van der Waals surface area contributed by atoms with Crippen LogP contribution in [0.25, 0.3) is 0 Å². The van der Waals surface area contributed by atoms with Gasteiger partial charge in [0.15, 0.2) is 11.5 Å². The van der Waals surface area contributed by atoms with Crippen LogP contribution in [0.5, 0.6) is 11.5 Å². The molecule has 1 amide bonds. The standard InChI is InChI=1S/C16H23N5O4.ClH/c1-3-23-12-6-5-11(9-13(12)24-4-2)10-18-7-8-19-16(22)14-15(17)21-25-20-14;/h5-6,9,18H,3-4,7-8,10H2,1-2H3,(H2,17,21)(H,19,22);1H. The van der Waals surface area contributed by atoms with Gasteiger partial charge in [-0.2, -0.15) is 0 Å². The lowest BCUT2D eigenvalue weighted by atomic mass is 10.2. The highest BCUT2D eigenvalue weighted by atomic mass is 35.5. The molecule has 0 bridgehead atoms. The number of hydrogen-bond donors (Lipinski definition) is 3. The maximum atomic E-state index is 11.8. The highest BCUT2D eigenvalue weighted by molar-refractivity contribution is 5.95. The van der Waals surface area contributed by atoms with Crippen LogP contribution in [0.3, 0.4) is 0 Å². The molecule has 0 aliphatic heterocycles. The van der Waals surface area contributed by atoms with Gasteiger partial charge >= 0.3 is 0 Å². The van der Waals surface area contributed by atoms with E-state index < -0.39 is 5.91 Å². The number of halogens is 1. The van der Waals surface area contributed by atoms with Crippen molar-refractivity contribution in [2.24, 2.45) is 0 Å². The van der Waals surface area contributed by atoms with Gasteiger partial charge in [0.2, 0.25) is 11.5 Å². The number of nitrogens with zero attached hydrogens (tertiary/aromatic N) is 2. The van der Waals surface area contributed by atoms with E-state index in [0.29, 0.717) is 32.8 Å². The topological polar surface area (TPSA) is 125 Å². The van der Waals surface area contributed by atoms with Gasteiger partial charge in [-0.15, -0.1) is 12.4 Å². The van der Waals surface area contributed by atoms with Gasteiger partial charge in [0.1, 0.15) is 0 Å². The molecule has 0 spiro atoms. The van der Waals surface area contributed by atoms with Crippen molar-refractivity contribution in [3.8, 4) is 11.5 Å². The van der Waals surface area contributed by atoms with E-state index in [9.17, 15) is 4.79 Å². The van der Waals surface area contributed by atoms with E-state index in [1.165, 1.54) is 0 Å². The van der Waals surface area contributed by atoms with Crippen molar-refractivity contribution >= 4 is 24.1 Å². The van der Waals surface area contributed by atoms with Gasteiger partial charge in [-0.25, -0.2) is 4.63 Å². The SMILES string of the molecule is CCOc1ccc(CNCCNC(=O)c2nonc2N)cc1OCC.Cl. The summed E-state index contributed by atoms with van der Waals surface area (Å²) < 4.78 is 15.5. The fraction of sp³-hybridized carbons (Fsp3) is 0.438.